The van der Waals surface area contributed by atoms with Gasteiger partial charge in [0.25, 0.3) is 0 Å². The molecule has 5 aliphatic rings. The lowest BCUT2D eigenvalue weighted by Crippen LogP contribution is -2.68. The number of nitrogens with zero attached hydrogens (tertiary/aromatic N) is 3. The lowest BCUT2D eigenvalue weighted by molar-refractivity contribution is -0.306. The van der Waals surface area contributed by atoms with Gasteiger partial charge in [-0.15, -0.1) is 5.10 Å². The summed E-state index contributed by atoms with van der Waals surface area (Å²) in [4.78, 5) is 46.5. The number of benzene rings is 4. The summed E-state index contributed by atoms with van der Waals surface area (Å²) in [6.07, 6.45) is -20.0. The smallest absolute Gasteiger partial charge is 0.407 e. The van der Waals surface area contributed by atoms with Crippen molar-refractivity contribution in [2.24, 2.45) is 34.4 Å². The third-order valence-electron chi connectivity index (χ3n) is 17.4. The highest BCUT2D eigenvalue weighted by Gasteiger charge is 2.55. The predicted octanol–water partition coefficient (Wildman–Crippen LogP) is -3.19. The first kappa shape index (κ1) is 64.6. The van der Waals surface area contributed by atoms with Crippen molar-refractivity contribution < 1.29 is 82.9 Å². The largest absolute Gasteiger partial charge is 0.459 e. The Morgan fingerprint density at radius 2 is 1.21 bits per heavy atom. The van der Waals surface area contributed by atoms with Crippen LogP contribution in [0.4, 0.5) is 4.79 Å². The summed E-state index contributed by atoms with van der Waals surface area (Å²) in [6, 6.07) is 24.7. The van der Waals surface area contributed by atoms with Crippen molar-refractivity contribution in [2.75, 3.05) is 19.7 Å². The fourth-order valence-corrected chi connectivity index (χ4v) is 12.5. The number of aliphatic hydroxyl groups excluding tert-OH is 6. The molecule has 3 saturated heterocycles. The van der Waals surface area contributed by atoms with E-state index in [1.54, 1.807) is 30.5 Å². The number of H-pyrrole nitrogens is 1. The van der Waals surface area contributed by atoms with Crippen LogP contribution in [0.1, 0.15) is 40.3 Å². The number of amides is 2. The van der Waals surface area contributed by atoms with Gasteiger partial charge in [0.05, 0.1) is 30.4 Å². The molecule has 4 aromatic carbocycles. The average molecular weight is 1250 g/mol. The zero-order chi connectivity index (χ0) is 63.5. The van der Waals surface area contributed by atoms with Gasteiger partial charge in [-0.05, 0) is 45.9 Å². The van der Waals surface area contributed by atoms with Gasteiger partial charge in [0.1, 0.15) is 92.4 Å². The molecule has 6 aromatic rings. The summed E-state index contributed by atoms with van der Waals surface area (Å²) in [5, 5.41) is 81.9. The van der Waals surface area contributed by atoms with Gasteiger partial charge in [0, 0.05) is 67.2 Å². The van der Waals surface area contributed by atoms with Gasteiger partial charge >= 0.3 is 12.1 Å². The molecule has 1 saturated carbocycles. The molecule has 29 heteroatoms. The fourth-order valence-electron chi connectivity index (χ4n) is 12.5. The molecule has 5 heterocycles. The van der Waals surface area contributed by atoms with Crippen LogP contribution in [-0.2, 0) is 73.5 Å². The van der Waals surface area contributed by atoms with E-state index in [1.807, 2.05) is 78.9 Å². The summed E-state index contributed by atoms with van der Waals surface area (Å²) in [7, 11) is 0. The van der Waals surface area contributed by atoms with Crippen molar-refractivity contribution in [3.63, 3.8) is 0 Å². The number of alkyl carbamates (subject to hydrolysis) is 1. The van der Waals surface area contributed by atoms with E-state index in [0.717, 1.165) is 33.2 Å². The van der Waals surface area contributed by atoms with Gasteiger partial charge < -0.3 is 119 Å². The van der Waals surface area contributed by atoms with Crippen LogP contribution in [0, 0.1) is 0 Å². The highest BCUT2D eigenvalue weighted by Crippen LogP contribution is 2.45. The van der Waals surface area contributed by atoms with Gasteiger partial charge in [-0.3, -0.25) is 4.79 Å². The summed E-state index contributed by atoms with van der Waals surface area (Å²) in [5.41, 5.74) is 43.6. The molecule has 11 rings (SSSR count). The maximum Gasteiger partial charge on any atom is 0.407 e. The second kappa shape index (κ2) is 28.3. The second-order valence-electron chi connectivity index (χ2n) is 23.4. The van der Waals surface area contributed by atoms with Crippen LogP contribution in [-0.4, -0.2) is 217 Å². The molecular formula is C61H78N12O17. The number of aromatic amines is 1. The van der Waals surface area contributed by atoms with E-state index >= 15 is 0 Å². The first-order chi connectivity index (χ1) is 43.4. The number of para-hydroxylation sites is 1. The maximum absolute atomic E-state index is 14.9. The lowest BCUT2D eigenvalue weighted by atomic mass is 9.84. The molecule has 484 valence electrons. The van der Waals surface area contributed by atoms with Gasteiger partial charge in [-0.1, -0.05) is 102 Å². The minimum Gasteiger partial charge on any atom is -0.459 e. The van der Waals surface area contributed by atoms with Crippen molar-refractivity contribution in [3.05, 3.63) is 143 Å². The standard InChI is InChI=1S/C61H78N12O17/c62-21-42-48(75)50(77)45(66)58(85-42)88-53-38(65)20-37(64)47(74)55(53)90-60-52(79)54(89-59-46(67)51(78)49(76)43(22-63)86-59)44(87-60)25-73-24-30(71-72-73)19-40(70-61(82)84-27-36-34-15-6-4-13-32(34)33-14-5-7-16-35(33)36)56(80)69-41(57(81)83-26-28-10-2-1-3-11-28)18-29-23-68-39-17-9-8-12-31(29)39/h1-17,23-24,36-38,40-55,58-60,68,74-79H,18-22,25-27,62-67H2,(H,69,80)(H,70,82)/t37-,38+,40?,41?,42-,43+,44-,45-,46-,47+,48-,49-,50-,51-,52-,53-,54-,55-,58-,59-,60+/m1/s1. The van der Waals surface area contributed by atoms with Crippen LogP contribution in [0.2, 0.25) is 0 Å². The molecule has 0 radical (unpaired) electrons. The van der Waals surface area contributed by atoms with Crippen LogP contribution in [0.5, 0.6) is 0 Å². The monoisotopic (exact) mass is 1250 g/mol. The molecule has 3 aliphatic heterocycles. The van der Waals surface area contributed by atoms with E-state index in [1.165, 1.54) is 10.9 Å². The minimum absolute atomic E-state index is 0.000226. The van der Waals surface area contributed by atoms with E-state index in [4.69, 9.17) is 72.3 Å². The van der Waals surface area contributed by atoms with Crippen LogP contribution in [0.3, 0.4) is 0 Å². The number of hydrogen-bond acceptors (Lipinski definition) is 25. The Hall–Kier alpha value is -6.95. The predicted molar refractivity (Wildman–Crippen MR) is 317 cm³/mol. The highest BCUT2D eigenvalue weighted by atomic mass is 16.8. The van der Waals surface area contributed by atoms with Crippen LogP contribution < -0.4 is 45.0 Å². The zero-order valence-electron chi connectivity index (χ0n) is 48.8. The van der Waals surface area contributed by atoms with Crippen molar-refractivity contribution in [2.45, 2.75) is 167 Å². The number of esters is 1. The molecule has 0 spiro atoms. The average Bonchev–Trinajstić information content (AvgIpc) is 1.75. The number of rotatable bonds is 22. The molecule has 2 aromatic heterocycles. The zero-order valence-corrected chi connectivity index (χ0v) is 48.8. The molecular weight excluding hydrogens is 1170 g/mol. The van der Waals surface area contributed by atoms with Crippen molar-refractivity contribution in [1.29, 1.82) is 0 Å². The molecule has 4 fully saturated rings. The summed E-state index contributed by atoms with van der Waals surface area (Å²) in [5.74, 6) is -1.88. The number of nitrogens with one attached hydrogen (secondary N) is 3. The van der Waals surface area contributed by atoms with E-state index in [2.05, 4.69) is 25.9 Å². The third-order valence-corrected chi connectivity index (χ3v) is 17.4. The van der Waals surface area contributed by atoms with Gasteiger partial charge in [0.2, 0.25) is 5.91 Å². The van der Waals surface area contributed by atoms with E-state index < -0.39 is 146 Å². The Labute approximate surface area is 516 Å². The van der Waals surface area contributed by atoms with Crippen LogP contribution in [0.25, 0.3) is 22.0 Å². The molecule has 2 unspecified atom stereocenters. The number of carbonyl (C=O) groups excluding carboxylic acids is 3. The number of nitrogens with two attached hydrogens (primary N) is 6. The van der Waals surface area contributed by atoms with Crippen molar-refractivity contribution in [1.82, 2.24) is 30.6 Å². The Morgan fingerprint density at radius 1 is 0.622 bits per heavy atom. The summed E-state index contributed by atoms with van der Waals surface area (Å²) < 4.78 is 50.1. The molecule has 2 aliphatic carbocycles. The molecule has 0 bridgehead atoms. The Morgan fingerprint density at radius 3 is 1.87 bits per heavy atom. The topological polar surface area (TPSA) is 473 Å². The summed E-state index contributed by atoms with van der Waals surface area (Å²) >= 11 is 0. The first-order valence-corrected chi connectivity index (χ1v) is 29.9. The third kappa shape index (κ3) is 13.8. The molecule has 90 heavy (non-hydrogen) atoms. The minimum atomic E-state index is -1.78. The van der Waals surface area contributed by atoms with Gasteiger partial charge in [-0.25, -0.2) is 14.3 Å². The van der Waals surface area contributed by atoms with E-state index in [9.17, 15) is 45.0 Å². The number of aliphatic hydroxyl groups is 6. The summed E-state index contributed by atoms with van der Waals surface area (Å²) in [6.45, 7) is -0.981. The normalized spacial score (nSPS) is 32.4. The lowest BCUT2D eigenvalue weighted by Gasteiger charge is -2.47. The SMILES string of the molecule is NC[C@@H]1O[C@H](O[C@H]2[C@@H](O)[C@H](O[C@@H]3[C@@H](O)[C@H](N)C[C@H](N)[C@H]3O[C@H]3O[C@H](CN)[C@@H](O)[C@H](O)[C@H]3N)O[C@@H]2Cn2cc(CC(NC(=O)OCC3c4ccccc4-c4ccccc43)C(=O)NC(Cc3c[nH]c4ccccc34)C(=O)OCc3ccccc3)nn2)[C@H](N)[C@@H](O)[C@@H]1O. The number of ether oxygens (including phenoxy) is 8. The number of fused-ring (bicyclic) bond motifs is 4. The number of carbonyl (C=O) groups is 3. The van der Waals surface area contributed by atoms with Crippen LogP contribution >= 0.6 is 0 Å². The molecule has 2 amide bonds. The fraction of sp³-hybridized carbons (Fsp3) is 0.492. The Balaban J connectivity index is 0.857. The van der Waals surface area contributed by atoms with Crippen molar-refractivity contribution >= 4 is 28.9 Å². The second-order valence-corrected chi connectivity index (χ2v) is 23.4. The van der Waals surface area contributed by atoms with Crippen LogP contribution in [0.15, 0.2) is 116 Å². The Bertz CT molecular complexity index is 3360. The van der Waals surface area contributed by atoms with Crippen molar-refractivity contribution in [3.8, 4) is 11.1 Å². The number of aromatic nitrogens is 4. The highest BCUT2D eigenvalue weighted by molar-refractivity contribution is 5.91. The van der Waals surface area contributed by atoms with Gasteiger partial charge in [-0.2, -0.15) is 0 Å². The maximum atomic E-state index is 14.9. The molecule has 21 N–H and O–H groups in total. The Kier molecular flexibility index (Phi) is 20.3. The number of hydrogen-bond donors (Lipinski definition) is 15. The molecule has 29 nitrogen and oxygen atoms in total. The first-order valence-electron chi connectivity index (χ1n) is 29.9. The van der Waals surface area contributed by atoms with Gasteiger partial charge in [0.15, 0.2) is 18.9 Å². The quantitative estimate of drug-likeness (QED) is 0.0298. The van der Waals surface area contributed by atoms with E-state index in [0.29, 0.717) is 11.1 Å². The van der Waals surface area contributed by atoms with E-state index in [-0.39, 0.29) is 63.7 Å². The molecule has 21 atom stereocenters.